The number of benzene rings is 1. The Kier molecular flexibility index (Phi) is 4.42. The van der Waals surface area contributed by atoms with Crippen LogP contribution in [0.4, 0.5) is 10.5 Å². The van der Waals surface area contributed by atoms with Crippen LogP contribution in [-0.4, -0.2) is 19.8 Å². The Hall–Kier alpha value is -1.23. The second kappa shape index (κ2) is 5.60. The van der Waals surface area contributed by atoms with Crippen LogP contribution in [0.25, 0.3) is 0 Å². The molecule has 1 aromatic carbocycles. The molecule has 0 heterocycles. The van der Waals surface area contributed by atoms with Gasteiger partial charge in [-0.15, -0.1) is 0 Å². The van der Waals surface area contributed by atoms with E-state index in [1.54, 1.807) is 32.2 Å². The molecule has 0 bridgehead atoms. The predicted octanol–water partition coefficient (Wildman–Crippen LogP) is 3.03. The minimum Gasteiger partial charge on any atom is -0.497 e. The molecule has 0 saturated heterocycles. The maximum absolute atomic E-state index is 11.2. The van der Waals surface area contributed by atoms with Gasteiger partial charge in [0.25, 0.3) is 0 Å². The molecule has 82 valence electrons. The van der Waals surface area contributed by atoms with E-state index in [4.69, 9.17) is 9.47 Å². The van der Waals surface area contributed by atoms with E-state index >= 15 is 0 Å². The van der Waals surface area contributed by atoms with Crippen LogP contribution in [0.1, 0.15) is 6.92 Å². The van der Waals surface area contributed by atoms with Crippen molar-refractivity contribution in [2.75, 3.05) is 19.0 Å². The Morgan fingerprint density at radius 2 is 2.27 bits per heavy atom. The highest BCUT2D eigenvalue weighted by Crippen LogP contribution is 2.27. The fourth-order valence-electron chi connectivity index (χ4n) is 1.00. The highest BCUT2D eigenvalue weighted by molar-refractivity contribution is 9.10. The molecule has 1 rings (SSSR count). The summed E-state index contributed by atoms with van der Waals surface area (Å²) >= 11 is 3.31. The first-order valence-electron chi connectivity index (χ1n) is 4.44. The van der Waals surface area contributed by atoms with Crippen molar-refractivity contribution in [1.29, 1.82) is 0 Å². The zero-order valence-corrected chi connectivity index (χ0v) is 10.1. The van der Waals surface area contributed by atoms with Crippen LogP contribution in [0.5, 0.6) is 5.75 Å². The van der Waals surface area contributed by atoms with Crippen molar-refractivity contribution >= 4 is 27.7 Å². The van der Waals surface area contributed by atoms with E-state index in [9.17, 15) is 4.79 Å². The molecule has 0 spiro atoms. The number of anilines is 1. The van der Waals surface area contributed by atoms with Crippen molar-refractivity contribution in [3.05, 3.63) is 22.7 Å². The number of halogens is 1. The van der Waals surface area contributed by atoms with Crippen LogP contribution in [-0.2, 0) is 4.74 Å². The van der Waals surface area contributed by atoms with Gasteiger partial charge in [-0.25, -0.2) is 4.79 Å². The number of hydrogen-bond acceptors (Lipinski definition) is 3. The number of nitrogens with one attached hydrogen (secondary N) is 1. The molecule has 0 aliphatic rings. The van der Waals surface area contributed by atoms with Gasteiger partial charge in [-0.3, -0.25) is 5.32 Å². The molecule has 0 fully saturated rings. The molecule has 0 aliphatic carbocycles. The Balaban J connectivity index is 2.79. The molecule has 0 atom stereocenters. The zero-order chi connectivity index (χ0) is 11.3. The predicted molar refractivity (Wildman–Crippen MR) is 61.3 cm³/mol. The molecular formula is C10H12BrNO3. The van der Waals surface area contributed by atoms with Gasteiger partial charge in [-0.2, -0.15) is 0 Å². The molecule has 1 amide bonds. The number of carbonyl (C=O) groups excluding carboxylic acids is 1. The Labute approximate surface area is 96.7 Å². The fourth-order valence-corrected chi connectivity index (χ4v) is 1.35. The topological polar surface area (TPSA) is 47.6 Å². The minimum atomic E-state index is -0.480. The first kappa shape index (κ1) is 11.8. The smallest absolute Gasteiger partial charge is 0.411 e. The quantitative estimate of drug-likeness (QED) is 0.921. The van der Waals surface area contributed by atoms with Crippen molar-refractivity contribution < 1.29 is 14.3 Å². The third kappa shape index (κ3) is 3.43. The maximum Gasteiger partial charge on any atom is 0.411 e. The van der Waals surface area contributed by atoms with E-state index in [1.807, 2.05) is 0 Å². The van der Waals surface area contributed by atoms with E-state index in [-0.39, 0.29) is 0 Å². The van der Waals surface area contributed by atoms with Gasteiger partial charge in [0, 0.05) is 10.5 Å². The Morgan fingerprint density at radius 1 is 1.53 bits per heavy atom. The fraction of sp³-hybridized carbons (Fsp3) is 0.300. The summed E-state index contributed by atoms with van der Waals surface area (Å²) in [5.41, 5.74) is 0.618. The minimum absolute atomic E-state index is 0.341. The summed E-state index contributed by atoms with van der Waals surface area (Å²) in [4.78, 5) is 11.2. The SMILES string of the molecule is CCOC(=O)Nc1cc(OC)ccc1Br. The molecule has 5 heteroatoms. The van der Waals surface area contributed by atoms with Gasteiger partial charge >= 0.3 is 6.09 Å². The molecule has 0 aromatic heterocycles. The van der Waals surface area contributed by atoms with E-state index < -0.39 is 6.09 Å². The van der Waals surface area contributed by atoms with Crippen molar-refractivity contribution in [3.63, 3.8) is 0 Å². The summed E-state index contributed by atoms with van der Waals surface area (Å²) < 4.78 is 10.6. The number of hydrogen-bond donors (Lipinski definition) is 1. The summed E-state index contributed by atoms with van der Waals surface area (Å²) in [5, 5.41) is 2.60. The van der Waals surface area contributed by atoms with Crippen molar-refractivity contribution in [2.45, 2.75) is 6.92 Å². The molecular weight excluding hydrogens is 262 g/mol. The van der Waals surface area contributed by atoms with Gasteiger partial charge in [-0.1, -0.05) is 0 Å². The second-order valence-electron chi connectivity index (χ2n) is 2.69. The lowest BCUT2D eigenvalue weighted by Gasteiger charge is -2.08. The van der Waals surface area contributed by atoms with E-state index in [0.717, 1.165) is 4.47 Å². The van der Waals surface area contributed by atoms with Gasteiger partial charge in [0.05, 0.1) is 19.4 Å². The first-order valence-corrected chi connectivity index (χ1v) is 5.24. The van der Waals surface area contributed by atoms with E-state index in [1.165, 1.54) is 0 Å². The summed E-state index contributed by atoms with van der Waals surface area (Å²) in [6.45, 7) is 2.09. The van der Waals surface area contributed by atoms with Gasteiger partial charge < -0.3 is 9.47 Å². The molecule has 0 aliphatic heterocycles. The summed E-state index contributed by atoms with van der Waals surface area (Å²) in [6, 6.07) is 5.29. The monoisotopic (exact) mass is 273 g/mol. The maximum atomic E-state index is 11.2. The summed E-state index contributed by atoms with van der Waals surface area (Å²) in [5.74, 6) is 0.671. The molecule has 15 heavy (non-hydrogen) atoms. The van der Waals surface area contributed by atoms with Crippen LogP contribution in [0, 0.1) is 0 Å². The molecule has 1 aromatic rings. The van der Waals surface area contributed by atoms with Crippen LogP contribution in [0.2, 0.25) is 0 Å². The summed E-state index contributed by atoms with van der Waals surface area (Å²) in [6.07, 6.45) is -0.480. The highest BCUT2D eigenvalue weighted by atomic mass is 79.9. The number of amides is 1. The number of rotatable bonds is 3. The lowest BCUT2D eigenvalue weighted by atomic mass is 10.3. The van der Waals surface area contributed by atoms with Crippen LogP contribution < -0.4 is 10.1 Å². The normalized spacial score (nSPS) is 9.53. The second-order valence-corrected chi connectivity index (χ2v) is 3.55. The Bertz CT molecular complexity index is 355. The van der Waals surface area contributed by atoms with Crippen molar-refractivity contribution in [1.82, 2.24) is 0 Å². The van der Waals surface area contributed by atoms with E-state index in [0.29, 0.717) is 18.0 Å². The molecule has 4 nitrogen and oxygen atoms in total. The van der Waals surface area contributed by atoms with Crippen LogP contribution in [0.15, 0.2) is 22.7 Å². The third-order valence-electron chi connectivity index (χ3n) is 1.69. The van der Waals surface area contributed by atoms with Crippen LogP contribution >= 0.6 is 15.9 Å². The third-order valence-corrected chi connectivity index (χ3v) is 2.38. The molecule has 0 saturated carbocycles. The molecule has 1 N–H and O–H groups in total. The lowest BCUT2D eigenvalue weighted by molar-refractivity contribution is 0.168. The highest BCUT2D eigenvalue weighted by Gasteiger charge is 2.06. The average molecular weight is 274 g/mol. The van der Waals surface area contributed by atoms with Crippen LogP contribution in [0.3, 0.4) is 0 Å². The first-order chi connectivity index (χ1) is 7.17. The Morgan fingerprint density at radius 3 is 2.87 bits per heavy atom. The lowest BCUT2D eigenvalue weighted by Crippen LogP contribution is -2.13. The molecule has 0 unspecified atom stereocenters. The van der Waals surface area contributed by atoms with Crippen molar-refractivity contribution in [3.8, 4) is 5.75 Å². The zero-order valence-electron chi connectivity index (χ0n) is 8.54. The van der Waals surface area contributed by atoms with E-state index in [2.05, 4.69) is 21.2 Å². The standard InChI is InChI=1S/C10H12BrNO3/c1-3-15-10(13)12-9-6-7(14-2)4-5-8(9)11/h4-6H,3H2,1-2H3,(H,12,13). The van der Waals surface area contributed by atoms with Gasteiger partial charge in [0.15, 0.2) is 0 Å². The average Bonchev–Trinajstić information content (AvgIpc) is 2.21. The van der Waals surface area contributed by atoms with Gasteiger partial charge in [-0.05, 0) is 35.0 Å². The number of methoxy groups -OCH3 is 1. The number of carbonyl (C=O) groups is 1. The van der Waals surface area contributed by atoms with Crippen molar-refractivity contribution in [2.24, 2.45) is 0 Å². The summed E-state index contributed by atoms with van der Waals surface area (Å²) in [7, 11) is 1.57. The van der Waals surface area contributed by atoms with Gasteiger partial charge in [0.1, 0.15) is 5.75 Å². The largest absolute Gasteiger partial charge is 0.497 e. The molecule has 0 radical (unpaired) electrons. The number of ether oxygens (including phenoxy) is 2. The van der Waals surface area contributed by atoms with Gasteiger partial charge in [0.2, 0.25) is 0 Å².